The van der Waals surface area contributed by atoms with Gasteiger partial charge in [-0.3, -0.25) is 4.90 Å². The molecule has 1 aromatic heterocycles. The molecule has 1 aromatic rings. The lowest BCUT2D eigenvalue weighted by molar-refractivity contribution is 0.0317. The van der Waals surface area contributed by atoms with E-state index in [0.717, 1.165) is 19.5 Å². The van der Waals surface area contributed by atoms with Crippen molar-refractivity contribution in [3.63, 3.8) is 0 Å². The van der Waals surface area contributed by atoms with Crippen LogP contribution >= 0.6 is 0 Å². The molecule has 2 unspecified atom stereocenters. The summed E-state index contributed by atoms with van der Waals surface area (Å²) >= 11 is 0. The topological polar surface area (TPSA) is 39.3 Å². The van der Waals surface area contributed by atoms with E-state index in [-0.39, 0.29) is 6.10 Å². The van der Waals surface area contributed by atoms with E-state index in [2.05, 4.69) is 16.0 Å². The fourth-order valence-corrected chi connectivity index (χ4v) is 2.45. The van der Waals surface area contributed by atoms with Crippen LogP contribution in [0.3, 0.4) is 0 Å². The summed E-state index contributed by atoms with van der Waals surface area (Å²) in [5, 5.41) is 9.73. The number of piperidine rings is 1. The van der Waals surface area contributed by atoms with Crippen molar-refractivity contribution >= 4 is 0 Å². The third-order valence-corrected chi connectivity index (χ3v) is 3.27. The van der Waals surface area contributed by atoms with Gasteiger partial charge in [-0.25, -0.2) is 0 Å². The van der Waals surface area contributed by atoms with E-state index in [1.54, 1.807) is 0 Å². The summed E-state index contributed by atoms with van der Waals surface area (Å²) in [6, 6.07) is 2.45. The van der Waals surface area contributed by atoms with Crippen LogP contribution in [0.4, 0.5) is 0 Å². The average molecular weight is 208 g/mol. The zero-order valence-corrected chi connectivity index (χ0v) is 9.32. The van der Waals surface area contributed by atoms with Crippen LogP contribution in [-0.2, 0) is 6.54 Å². The van der Waals surface area contributed by atoms with Crippen LogP contribution in [0.25, 0.3) is 0 Å². The number of rotatable bonds is 3. The zero-order chi connectivity index (χ0) is 10.7. The smallest absolute Gasteiger partial charge is 0.0667 e. The number of H-pyrrole nitrogens is 1. The monoisotopic (exact) mass is 208 g/mol. The Kier molecular flexibility index (Phi) is 3.44. The number of hydrogen-bond acceptors (Lipinski definition) is 2. The third-order valence-electron chi connectivity index (χ3n) is 3.27. The van der Waals surface area contributed by atoms with Gasteiger partial charge in [0.15, 0.2) is 0 Å². The number of aromatic nitrogens is 1. The number of aromatic amines is 1. The van der Waals surface area contributed by atoms with Crippen molar-refractivity contribution in [2.24, 2.45) is 0 Å². The first kappa shape index (κ1) is 10.7. The summed E-state index contributed by atoms with van der Waals surface area (Å²) in [5.74, 6) is 0. The largest absolute Gasteiger partial charge is 0.392 e. The molecule has 0 aliphatic carbocycles. The lowest BCUT2D eigenvalue weighted by atomic mass is 9.98. The van der Waals surface area contributed by atoms with Crippen molar-refractivity contribution in [3.8, 4) is 0 Å². The van der Waals surface area contributed by atoms with Crippen molar-refractivity contribution < 1.29 is 5.11 Å². The van der Waals surface area contributed by atoms with Crippen LogP contribution in [0.1, 0.15) is 31.7 Å². The maximum absolute atomic E-state index is 9.73. The number of aliphatic hydroxyl groups is 1. The molecule has 1 fully saturated rings. The van der Waals surface area contributed by atoms with Crippen LogP contribution in [0.2, 0.25) is 0 Å². The number of nitrogens with zero attached hydrogens (tertiary/aromatic N) is 1. The molecule has 84 valence electrons. The van der Waals surface area contributed by atoms with Gasteiger partial charge in [-0.15, -0.1) is 0 Å². The van der Waals surface area contributed by atoms with Crippen molar-refractivity contribution in [2.45, 2.75) is 44.9 Å². The lowest BCUT2D eigenvalue weighted by Gasteiger charge is -2.37. The zero-order valence-electron chi connectivity index (χ0n) is 9.32. The Morgan fingerprint density at radius 2 is 2.47 bits per heavy atom. The molecule has 2 atom stereocenters. The molecule has 2 rings (SSSR count). The maximum atomic E-state index is 9.73. The molecule has 0 spiro atoms. The fourth-order valence-electron chi connectivity index (χ4n) is 2.45. The van der Waals surface area contributed by atoms with Gasteiger partial charge in [0.05, 0.1) is 6.10 Å². The summed E-state index contributed by atoms with van der Waals surface area (Å²) < 4.78 is 0. The van der Waals surface area contributed by atoms with Crippen LogP contribution in [0, 0.1) is 0 Å². The third kappa shape index (κ3) is 2.61. The standard InChI is InChI=1S/C12H20N2O/c1-10(15)12-4-2-3-7-14(12)9-11-5-6-13-8-11/h5-6,8,10,12-13,15H,2-4,7,9H2,1H3. The molecule has 0 bridgehead atoms. The van der Waals surface area contributed by atoms with Crippen molar-refractivity contribution in [3.05, 3.63) is 24.0 Å². The second-order valence-electron chi connectivity index (χ2n) is 4.49. The Hall–Kier alpha value is -0.800. The predicted molar refractivity (Wildman–Crippen MR) is 60.5 cm³/mol. The van der Waals surface area contributed by atoms with Crippen molar-refractivity contribution in [2.75, 3.05) is 6.54 Å². The Labute approximate surface area is 91.1 Å². The van der Waals surface area contributed by atoms with Gasteiger partial charge >= 0.3 is 0 Å². The van der Waals surface area contributed by atoms with E-state index < -0.39 is 0 Å². The molecule has 1 aliphatic heterocycles. The van der Waals surface area contributed by atoms with Gasteiger partial charge in [-0.05, 0) is 37.9 Å². The molecule has 0 amide bonds. The van der Waals surface area contributed by atoms with Gasteiger partial charge in [0, 0.05) is 25.0 Å². The molecule has 0 radical (unpaired) electrons. The highest BCUT2D eigenvalue weighted by Gasteiger charge is 2.25. The van der Waals surface area contributed by atoms with Crippen molar-refractivity contribution in [1.29, 1.82) is 0 Å². The van der Waals surface area contributed by atoms with Gasteiger partial charge in [0.2, 0.25) is 0 Å². The first-order valence-electron chi connectivity index (χ1n) is 5.81. The summed E-state index contributed by atoms with van der Waals surface area (Å²) in [6.07, 6.45) is 7.41. The minimum Gasteiger partial charge on any atom is -0.392 e. The fraction of sp³-hybridized carbons (Fsp3) is 0.667. The minimum absolute atomic E-state index is 0.218. The van der Waals surface area contributed by atoms with E-state index in [9.17, 15) is 5.11 Å². The highest BCUT2D eigenvalue weighted by Crippen LogP contribution is 2.21. The van der Waals surface area contributed by atoms with E-state index in [4.69, 9.17) is 0 Å². The first-order valence-corrected chi connectivity index (χ1v) is 5.81. The predicted octanol–water partition coefficient (Wildman–Crippen LogP) is 1.75. The maximum Gasteiger partial charge on any atom is 0.0667 e. The highest BCUT2D eigenvalue weighted by molar-refractivity contribution is 5.08. The first-order chi connectivity index (χ1) is 7.27. The number of aliphatic hydroxyl groups excluding tert-OH is 1. The average Bonchev–Trinajstić information content (AvgIpc) is 2.71. The molecule has 3 heteroatoms. The second kappa shape index (κ2) is 4.81. The number of likely N-dealkylation sites (tertiary alicyclic amines) is 1. The quantitative estimate of drug-likeness (QED) is 0.794. The summed E-state index contributed by atoms with van der Waals surface area (Å²) in [4.78, 5) is 5.47. The van der Waals surface area contributed by atoms with E-state index >= 15 is 0 Å². The molecule has 3 nitrogen and oxygen atoms in total. The lowest BCUT2D eigenvalue weighted by Crippen LogP contribution is -2.45. The summed E-state index contributed by atoms with van der Waals surface area (Å²) in [5.41, 5.74) is 1.31. The Bertz CT molecular complexity index is 282. The molecule has 2 N–H and O–H groups in total. The summed E-state index contributed by atoms with van der Waals surface area (Å²) in [6.45, 7) is 3.97. The molecular formula is C12H20N2O. The normalized spacial score (nSPS) is 25.3. The van der Waals surface area contributed by atoms with Gasteiger partial charge in [-0.2, -0.15) is 0 Å². The molecule has 2 heterocycles. The molecule has 1 saturated heterocycles. The van der Waals surface area contributed by atoms with Crippen LogP contribution < -0.4 is 0 Å². The van der Waals surface area contributed by atoms with Gasteiger partial charge in [0.25, 0.3) is 0 Å². The van der Waals surface area contributed by atoms with Crippen LogP contribution in [-0.4, -0.2) is 33.7 Å². The van der Waals surface area contributed by atoms with Gasteiger partial charge in [-0.1, -0.05) is 6.42 Å². The van der Waals surface area contributed by atoms with E-state index in [1.165, 1.54) is 18.4 Å². The van der Waals surface area contributed by atoms with Crippen LogP contribution in [0.15, 0.2) is 18.5 Å². The second-order valence-corrected chi connectivity index (χ2v) is 4.49. The number of nitrogens with one attached hydrogen (secondary N) is 1. The molecule has 0 aromatic carbocycles. The Morgan fingerprint density at radius 3 is 3.13 bits per heavy atom. The van der Waals surface area contributed by atoms with Gasteiger partial charge < -0.3 is 10.1 Å². The SMILES string of the molecule is CC(O)C1CCCCN1Cc1cc[nH]c1. The highest BCUT2D eigenvalue weighted by atomic mass is 16.3. The Morgan fingerprint density at radius 1 is 1.60 bits per heavy atom. The summed E-state index contributed by atoms with van der Waals surface area (Å²) in [7, 11) is 0. The Balaban J connectivity index is 1.99. The van der Waals surface area contributed by atoms with Gasteiger partial charge in [0.1, 0.15) is 0 Å². The minimum atomic E-state index is -0.218. The molecule has 0 saturated carbocycles. The molecule has 1 aliphatic rings. The van der Waals surface area contributed by atoms with E-state index in [1.807, 2.05) is 19.3 Å². The molecular weight excluding hydrogens is 188 g/mol. The van der Waals surface area contributed by atoms with E-state index in [0.29, 0.717) is 6.04 Å². The van der Waals surface area contributed by atoms with Crippen LogP contribution in [0.5, 0.6) is 0 Å². The van der Waals surface area contributed by atoms with Crippen molar-refractivity contribution in [1.82, 2.24) is 9.88 Å². The molecule has 15 heavy (non-hydrogen) atoms. The number of hydrogen-bond donors (Lipinski definition) is 2.